The van der Waals surface area contributed by atoms with Crippen molar-refractivity contribution in [2.75, 3.05) is 32.7 Å². The number of imidazole rings is 1. The molecule has 0 spiro atoms. The topological polar surface area (TPSA) is 69.4 Å². The van der Waals surface area contributed by atoms with Crippen LogP contribution in [0.3, 0.4) is 0 Å². The number of hydrogen-bond acceptors (Lipinski definition) is 5. The zero-order valence-corrected chi connectivity index (χ0v) is 25.6. The first kappa shape index (κ1) is 29.3. The van der Waals surface area contributed by atoms with Gasteiger partial charge in [-0.1, -0.05) is 72.8 Å². The van der Waals surface area contributed by atoms with Crippen LogP contribution in [-0.2, 0) is 13.1 Å². The molecule has 0 bridgehead atoms. The van der Waals surface area contributed by atoms with Crippen molar-refractivity contribution in [1.82, 2.24) is 23.9 Å². The summed E-state index contributed by atoms with van der Waals surface area (Å²) in [4.78, 5) is 20.9. The number of rotatable bonds is 10. The predicted molar refractivity (Wildman–Crippen MR) is 155 cm³/mol. The third-order valence-corrected chi connectivity index (χ3v) is 7.99. The molecule has 6 rings (SSSR count). The Morgan fingerprint density at radius 1 is 0.878 bits per heavy atom. The van der Waals surface area contributed by atoms with Gasteiger partial charge in [-0.2, -0.15) is 0 Å². The summed E-state index contributed by atoms with van der Waals surface area (Å²) in [5, 5.41) is 12.6. The number of carbonyl (C=O) groups excluding carboxylic acids is 1. The molecule has 0 radical (unpaired) electrons. The number of carboxylic acids is 1. The molecule has 0 unspecified atom stereocenters. The van der Waals surface area contributed by atoms with Crippen LogP contribution in [0.1, 0.15) is 39.5 Å². The van der Waals surface area contributed by atoms with Crippen molar-refractivity contribution < 1.29 is 39.5 Å². The van der Waals surface area contributed by atoms with E-state index in [1.807, 2.05) is 16.8 Å². The van der Waals surface area contributed by atoms with E-state index in [0.29, 0.717) is 6.54 Å². The molecule has 0 saturated carbocycles. The van der Waals surface area contributed by atoms with Gasteiger partial charge in [-0.15, -0.1) is 0 Å². The van der Waals surface area contributed by atoms with Gasteiger partial charge in [-0.25, -0.2) is 4.98 Å². The molecular formula is C33H34N5NaO2. The van der Waals surface area contributed by atoms with E-state index in [1.54, 1.807) is 24.7 Å². The number of piperazine rings is 1. The maximum absolute atomic E-state index is 11.6. The van der Waals surface area contributed by atoms with Crippen molar-refractivity contribution in [1.29, 1.82) is 0 Å². The minimum Gasteiger partial charge on any atom is -0.545 e. The molecule has 3 heterocycles. The molecule has 1 aliphatic heterocycles. The standard InChI is InChI=1S/C33H35N5O2.Na/c39-33(40)28-12-13-30-29(23-36-17-14-34-25-36)24-38(31(30)22-28)16-7-15-35-18-20-37(21-19-35)32(26-8-3-1-4-9-26)27-10-5-2-6-11-27;/h1-6,8-14,17,22,24-25,32H,7,15-16,18-21,23H2,(H,39,40);/q;+1/p-1. The van der Waals surface area contributed by atoms with Crippen LogP contribution >= 0.6 is 0 Å². The van der Waals surface area contributed by atoms with Crippen molar-refractivity contribution >= 4 is 16.9 Å². The van der Waals surface area contributed by atoms with E-state index < -0.39 is 5.97 Å². The molecule has 7 nitrogen and oxygen atoms in total. The summed E-state index contributed by atoms with van der Waals surface area (Å²) in [6.45, 7) is 6.63. The van der Waals surface area contributed by atoms with E-state index in [9.17, 15) is 9.90 Å². The van der Waals surface area contributed by atoms with E-state index >= 15 is 0 Å². The van der Waals surface area contributed by atoms with Crippen LogP contribution in [0.5, 0.6) is 0 Å². The maximum Gasteiger partial charge on any atom is 1.00 e. The van der Waals surface area contributed by atoms with Crippen molar-refractivity contribution in [3.05, 3.63) is 126 Å². The summed E-state index contributed by atoms with van der Waals surface area (Å²) in [5.41, 5.74) is 4.98. The van der Waals surface area contributed by atoms with Crippen LogP contribution in [0.4, 0.5) is 0 Å². The second kappa shape index (κ2) is 13.6. The zero-order valence-electron chi connectivity index (χ0n) is 23.6. The third kappa shape index (κ3) is 6.83. The summed E-state index contributed by atoms with van der Waals surface area (Å²) in [5.74, 6) is -1.15. The van der Waals surface area contributed by atoms with Gasteiger partial charge in [0, 0.05) is 62.2 Å². The van der Waals surface area contributed by atoms with Gasteiger partial charge >= 0.3 is 29.6 Å². The Bertz CT molecular complexity index is 1510. The van der Waals surface area contributed by atoms with Crippen LogP contribution in [0, 0.1) is 0 Å². The molecule has 41 heavy (non-hydrogen) atoms. The zero-order chi connectivity index (χ0) is 27.3. The Labute approximate surface area is 263 Å². The molecule has 1 fully saturated rings. The van der Waals surface area contributed by atoms with Crippen LogP contribution in [0.2, 0.25) is 0 Å². The van der Waals surface area contributed by atoms with E-state index in [2.05, 4.69) is 86.2 Å². The molecule has 1 aliphatic rings. The Kier molecular flexibility index (Phi) is 9.75. The van der Waals surface area contributed by atoms with Gasteiger partial charge in [-0.3, -0.25) is 4.90 Å². The fraction of sp³-hybridized carbons (Fsp3) is 0.273. The van der Waals surface area contributed by atoms with E-state index in [0.717, 1.165) is 62.2 Å². The van der Waals surface area contributed by atoms with Crippen molar-refractivity contribution in [2.24, 2.45) is 0 Å². The molecule has 5 aromatic rings. The number of aromatic carboxylic acids is 1. The monoisotopic (exact) mass is 555 g/mol. The van der Waals surface area contributed by atoms with Gasteiger partial charge in [-0.05, 0) is 41.3 Å². The molecular weight excluding hydrogens is 521 g/mol. The molecule has 0 aliphatic carbocycles. The van der Waals surface area contributed by atoms with Gasteiger partial charge in [0.25, 0.3) is 0 Å². The van der Waals surface area contributed by atoms with Crippen LogP contribution in [0.25, 0.3) is 10.9 Å². The first-order valence-electron chi connectivity index (χ1n) is 14.0. The number of aromatic nitrogens is 3. The van der Waals surface area contributed by atoms with Crippen molar-refractivity contribution in [2.45, 2.75) is 25.6 Å². The molecule has 2 aromatic heterocycles. The number of benzene rings is 3. The van der Waals surface area contributed by atoms with Gasteiger partial charge in [0.15, 0.2) is 0 Å². The first-order chi connectivity index (χ1) is 19.7. The summed E-state index contributed by atoms with van der Waals surface area (Å²) >= 11 is 0. The SMILES string of the molecule is O=C([O-])c1ccc2c(Cn3ccnc3)cn(CCCN3CCN(C(c4ccccc4)c4ccccc4)CC3)c2c1.[Na+]. The van der Waals surface area contributed by atoms with E-state index in [-0.39, 0.29) is 41.2 Å². The fourth-order valence-electron chi connectivity index (χ4n) is 5.98. The maximum atomic E-state index is 11.6. The molecule has 0 atom stereocenters. The molecule has 1 saturated heterocycles. The van der Waals surface area contributed by atoms with Crippen molar-refractivity contribution in [3.8, 4) is 0 Å². The summed E-state index contributed by atoms with van der Waals surface area (Å²) in [6.07, 6.45) is 8.67. The number of carboxylic acid groups (broad SMARTS) is 1. The normalized spacial score (nSPS) is 14.4. The minimum atomic E-state index is -1.15. The van der Waals surface area contributed by atoms with Crippen molar-refractivity contribution in [3.63, 3.8) is 0 Å². The minimum absolute atomic E-state index is 0. The molecule has 0 amide bonds. The van der Waals surface area contributed by atoms with Gasteiger partial charge < -0.3 is 23.9 Å². The average molecular weight is 556 g/mol. The number of hydrogen-bond donors (Lipinski definition) is 0. The Morgan fingerprint density at radius 3 is 2.17 bits per heavy atom. The predicted octanol–water partition coefficient (Wildman–Crippen LogP) is 1.05. The third-order valence-electron chi connectivity index (χ3n) is 7.99. The van der Waals surface area contributed by atoms with Gasteiger partial charge in [0.1, 0.15) is 0 Å². The number of aryl methyl sites for hydroxylation is 1. The molecule has 8 heteroatoms. The first-order valence-corrected chi connectivity index (χ1v) is 14.0. The number of nitrogens with zero attached hydrogens (tertiary/aromatic N) is 5. The number of carbonyl (C=O) groups is 1. The second-order valence-electron chi connectivity index (χ2n) is 10.6. The summed E-state index contributed by atoms with van der Waals surface area (Å²) in [6, 6.07) is 27.2. The number of fused-ring (bicyclic) bond motifs is 1. The largest absolute Gasteiger partial charge is 1.00 e. The molecule has 204 valence electrons. The van der Waals surface area contributed by atoms with Crippen LogP contribution in [0.15, 0.2) is 104 Å². The summed E-state index contributed by atoms with van der Waals surface area (Å²) < 4.78 is 4.23. The van der Waals surface area contributed by atoms with Crippen LogP contribution < -0.4 is 34.7 Å². The Hall–Kier alpha value is -3.20. The summed E-state index contributed by atoms with van der Waals surface area (Å²) in [7, 11) is 0. The Morgan fingerprint density at radius 2 is 1.56 bits per heavy atom. The molecule has 3 aromatic carbocycles. The van der Waals surface area contributed by atoms with Gasteiger partial charge in [0.05, 0.1) is 24.9 Å². The van der Waals surface area contributed by atoms with E-state index in [1.165, 1.54) is 11.1 Å². The van der Waals surface area contributed by atoms with Crippen LogP contribution in [-0.4, -0.2) is 62.6 Å². The smallest absolute Gasteiger partial charge is 0.545 e. The fourth-order valence-corrected chi connectivity index (χ4v) is 5.98. The quantitative estimate of drug-likeness (QED) is 0.241. The second-order valence-corrected chi connectivity index (χ2v) is 10.6. The average Bonchev–Trinajstić information content (AvgIpc) is 3.63. The van der Waals surface area contributed by atoms with Gasteiger partial charge in [0.2, 0.25) is 0 Å². The Balaban J connectivity index is 0.00000337. The molecule has 0 N–H and O–H groups in total. The van der Waals surface area contributed by atoms with E-state index in [4.69, 9.17) is 0 Å².